The smallest absolute Gasteiger partial charge is 0.254 e. The van der Waals surface area contributed by atoms with Crippen LogP contribution in [0.2, 0.25) is 0 Å². The zero-order chi connectivity index (χ0) is 11.0. The summed E-state index contributed by atoms with van der Waals surface area (Å²) in [5, 5.41) is 0. The number of methoxy groups -OCH3 is 1. The number of hydrogen-bond acceptors (Lipinski definition) is 2. The van der Waals surface area contributed by atoms with Crippen LogP contribution in [0, 0.1) is 0 Å². The molecule has 0 unspecified atom stereocenters. The zero-order valence-electron chi connectivity index (χ0n) is 8.71. The Morgan fingerprint density at radius 3 is 2.87 bits per heavy atom. The van der Waals surface area contributed by atoms with Crippen molar-refractivity contribution in [3.8, 4) is 5.75 Å². The normalized spacial score (nSPS) is 15.1. The van der Waals surface area contributed by atoms with E-state index in [1.54, 1.807) is 18.1 Å². The molecule has 1 aromatic rings. The highest BCUT2D eigenvalue weighted by Gasteiger charge is 2.22. The first kappa shape index (κ1) is 10.5. The number of amides is 1. The number of nitrogens with zero attached hydrogens (tertiary/aromatic N) is 1. The predicted octanol–water partition coefficient (Wildman–Crippen LogP) is 2.09. The van der Waals surface area contributed by atoms with E-state index in [2.05, 4.69) is 15.9 Å². The molecule has 1 heterocycles. The van der Waals surface area contributed by atoms with Gasteiger partial charge in [-0.25, -0.2) is 0 Å². The molecular formula is C11H12BrNO2. The van der Waals surface area contributed by atoms with Gasteiger partial charge in [0.2, 0.25) is 0 Å². The number of carbonyl (C=O) groups excluding carboxylic acids is 1. The second-order valence-electron chi connectivity index (χ2n) is 3.62. The Labute approximate surface area is 97.2 Å². The molecular weight excluding hydrogens is 258 g/mol. The maximum absolute atomic E-state index is 11.9. The fourth-order valence-electron chi connectivity index (χ4n) is 1.75. The quantitative estimate of drug-likeness (QED) is 0.782. The number of benzene rings is 1. The standard InChI is InChI=1S/C11H12BrNO2/c1-13-4-3-7-5-9(12)10(15-2)6-8(7)11(13)14/h5-6H,3-4H2,1-2H3. The maximum atomic E-state index is 11.9. The molecule has 80 valence electrons. The van der Waals surface area contributed by atoms with Crippen LogP contribution < -0.4 is 4.74 Å². The van der Waals surface area contributed by atoms with Crippen molar-refractivity contribution >= 4 is 21.8 Å². The number of halogens is 1. The first-order valence-electron chi connectivity index (χ1n) is 4.75. The molecule has 0 aliphatic carbocycles. The van der Waals surface area contributed by atoms with Crippen LogP contribution in [0.4, 0.5) is 0 Å². The minimum atomic E-state index is 0.0713. The third kappa shape index (κ3) is 1.74. The Balaban J connectivity index is 2.53. The maximum Gasteiger partial charge on any atom is 0.254 e. The molecule has 0 atom stereocenters. The number of likely N-dealkylation sites (N-methyl/N-ethyl adjacent to an activating group) is 1. The van der Waals surface area contributed by atoms with Crippen molar-refractivity contribution in [1.82, 2.24) is 4.90 Å². The fraction of sp³-hybridized carbons (Fsp3) is 0.364. The molecule has 1 aliphatic heterocycles. The summed E-state index contributed by atoms with van der Waals surface area (Å²) in [4.78, 5) is 13.6. The first-order valence-corrected chi connectivity index (χ1v) is 5.54. The lowest BCUT2D eigenvalue weighted by Gasteiger charge is -2.25. The number of ether oxygens (including phenoxy) is 1. The van der Waals surface area contributed by atoms with Gasteiger partial charge in [-0.1, -0.05) is 0 Å². The van der Waals surface area contributed by atoms with E-state index in [1.165, 1.54) is 0 Å². The Bertz CT molecular complexity index is 417. The van der Waals surface area contributed by atoms with E-state index >= 15 is 0 Å². The van der Waals surface area contributed by atoms with E-state index in [0.717, 1.165) is 28.6 Å². The average Bonchev–Trinajstić information content (AvgIpc) is 2.23. The van der Waals surface area contributed by atoms with E-state index < -0.39 is 0 Å². The molecule has 0 fully saturated rings. The molecule has 0 radical (unpaired) electrons. The summed E-state index contributed by atoms with van der Waals surface area (Å²) < 4.78 is 6.08. The summed E-state index contributed by atoms with van der Waals surface area (Å²) in [5.74, 6) is 0.777. The van der Waals surface area contributed by atoms with Crippen LogP contribution in [-0.2, 0) is 6.42 Å². The number of rotatable bonds is 1. The molecule has 0 N–H and O–H groups in total. The Morgan fingerprint density at radius 1 is 1.47 bits per heavy atom. The summed E-state index contributed by atoms with van der Waals surface area (Å²) >= 11 is 3.42. The number of carbonyl (C=O) groups is 1. The summed E-state index contributed by atoms with van der Waals surface area (Å²) in [6.07, 6.45) is 0.903. The zero-order valence-corrected chi connectivity index (χ0v) is 10.3. The van der Waals surface area contributed by atoms with Crippen molar-refractivity contribution in [1.29, 1.82) is 0 Å². The lowest BCUT2D eigenvalue weighted by Crippen LogP contribution is -2.34. The van der Waals surface area contributed by atoms with Crippen molar-refractivity contribution in [2.45, 2.75) is 6.42 Å². The van der Waals surface area contributed by atoms with Crippen molar-refractivity contribution in [2.24, 2.45) is 0 Å². The molecule has 0 aromatic heterocycles. The molecule has 1 aromatic carbocycles. The topological polar surface area (TPSA) is 29.5 Å². The van der Waals surface area contributed by atoms with Crippen molar-refractivity contribution in [3.05, 3.63) is 27.7 Å². The first-order chi connectivity index (χ1) is 7.13. The Morgan fingerprint density at radius 2 is 2.20 bits per heavy atom. The fourth-order valence-corrected chi connectivity index (χ4v) is 2.30. The van der Waals surface area contributed by atoms with Crippen LogP contribution in [0.15, 0.2) is 16.6 Å². The van der Waals surface area contributed by atoms with Gasteiger partial charge in [-0.05, 0) is 40.0 Å². The highest BCUT2D eigenvalue weighted by molar-refractivity contribution is 9.10. The molecule has 0 bridgehead atoms. The number of hydrogen-bond donors (Lipinski definition) is 0. The van der Waals surface area contributed by atoms with Crippen molar-refractivity contribution < 1.29 is 9.53 Å². The van der Waals surface area contributed by atoms with Gasteiger partial charge in [-0.2, -0.15) is 0 Å². The van der Waals surface area contributed by atoms with Crippen LogP contribution in [0.5, 0.6) is 5.75 Å². The number of fused-ring (bicyclic) bond motifs is 1. The van der Waals surface area contributed by atoms with E-state index in [9.17, 15) is 4.79 Å². The van der Waals surface area contributed by atoms with Crippen molar-refractivity contribution in [3.63, 3.8) is 0 Å². The summed E-state index contributed by atoms with van der Waals surface area (Å²) in [5.41, 5.74) is 1.84. The van der Waals surface area contributed by atoms with Crippen LogP contribution in [-0.4, -0.2) is 31.5 Å². The van der Waals surface area contributed by atoms with Crippen LogP contribution >= 0.6 is 15.9 Å². The van der Waals surface area contributed by atoms with Gasteiger partial charge in [-0.15, -0.1) is 0 Å². The molecule has 0 spiro atoms. The summed E-state index contributed by atoms with van der Waals surface area (Å²) in [7, 11) is 3.42. The van der Waals surface area contributed by atoms with Gasteiger partial charge in [0, 0.05) is 19.2 Å². The third-order valence-electron chi connectivity index (χ3n) is 2.67. The Kier molecular flexibility index (Phi) is 2.69. The molecule has 1 aliphatic rings. The van der Waals surface area contributed by atoms with Crippen LogP contribution in [0.1, 0.15) is 15.9 Å². The predicted molar refractivity (Wildman–Crippen MR) is 61.4 cm³/mol. The molecule has 2 rings (SSSR count). The second kappa shape index (κ2) is 3.85. The van der Waals surface area contributed by atoms with Gasteiger partial charge in [0.15, 0.2) is 0 Å². The lowest BCUT2D eigenvalue weighted by atomic mass is 9.99. The van der Waals surface area contributed by atoms with Gasteiger partial charge < -0.3 is 9.64 Å². The molecule has 4 heteroatoms. The SMILES string of the molecule is COc1cc2c(cc1Br)CCN(C)C2=O. The van der Waals surface area contributed by atoms with E-state index in [4.69, 9.17) is 4.74 Å². The van der Waals surface area contributed by atoms with Gasteiger partial charge in [0.25, 0.3) is 5.91 Å². The summed E-state index contributed by atoms with van der Waals surface area (Å²) in [6.45, 7) is 0.782. The second-order valence-corrected chi connectivity index (χ2v) is 4.47. The van der Waals surface area contributed by atoms with E-state index in [-0.39, 0.29) is 5.91 Å². The van der Waals surface area contributed by atoms with Crippen LogP contribution in [0.3, 0.4) is 0 Å². The lowest BCUT2D eigenvalue weighted by molar-refractivity contribution is 0.0780. The van der Waals surface area contributed by atoms with Gasteiger partial charge in [0.1, 0.15) is 5.75 Å². The van der Waals surface area contributed by atoms with Crippen LogP contribution in [0.25, 0.3) is 0 Å². The van der Waals surface area contributed by atoms with E-state index in [1.807, 2.05) is 13.1 Å². The highest BCUT2D eigenvalue weighted by atomic mass is 79.9. The molecule has 0 saturated carbocycles. The molecule has 15 heavy (non-hydrogen) atoms. The Hall–Kier alpha value is -1.03. The monoisotopic (exact) mass is 269 g/mol. The van der Waals surface area contributed by atoms with Gasteiger partial charge in [0.05, 0.1) is 11.6 Å². The van der Waals surface area contributed by atoms with Crippen molar-refractivity contribution in [2.75, 3.05) is 20.7 Å². The largest absolute Gasteiger partial charge is 0.496 e. The molecule has 1 amide bonds. The molecule has 0 saturated heterocycles. The van der Waals surface area contributed by atoms with E-state index in [0.29, 0.717) is 5.75 Å². The minimum Gasteiger partial charge on any atom is -0.496 e. The van der Waals surface area contributed by atoms with Gasteiger partial charge >= 0.3 is 0 Å². The summed E-state index contributed by atoms with van der Waals surface area (Å²) in [6, 6.07) is 3.77. The molecule has 3 nitrogen and oxygen atoms in total. The highest BCUT2D eigenvalue weighted by Crippen LogP contribution is 2.31. The third-order valence-corrected chi connectivity index (χ3v) is 3.29. The van der Waals surface area contributed by atoms with Gasteiger partial charge in [-0.3, -0.25) is 4.79 Å². The average molecular weight is 270 g/mol. The minimum absolute atomic E-state index is 0.0713.